The van der Waals surface area contributed by atoms with E-state index in [4.69, 9.17) is 0 Å². The normalized spacial score (nSPS) is 13.8. The first-order valence-corrected chi connectivity index (χ1v) is 9.95. The van der Waals surface area contributed by atoms with Gasteiger partial charge >= 0.3 is 6.09 Å². The highest BCUT2D eigenvalue weighted by Crippen LogP contribution is 2.43. The molecule has 0 aliphatic carbocycles. The van der Waals surface area contributed by atoms with Crippen molar-refractivity contribution in [1.82, 2.24) is 14.5 Å². The molecule has 31 heavy (non-hydrogen) atoms. The average molecular weight is 422 g/mol. The molecule has 8 heteroatoms. The molecule has 1 aliphatic heterocycles. The zero-order valence-corrected chi connectivity index (χ0v) is 17.5. The van der Waals surface area contributed by atoms with Crippen molar-refractivity contribution in [3.63, 3.8) is 0 Å². The molecule has 7 nitrogen and oxygen atoms in total. The Balaban J connectivity index is 2.05. The Morgan fingerprint density at radius 2 is 1.90 bits per heavy atom. The van der Waals surface area contributed by atoms with Gasteiger partial charge in [-0.2, -0.15) is 4.39 Å². The molecular weight excluding hydrogens is 399 g/mol. The number of hydrogen-bond acceptors (Lipinski definition) is 4. The topological polar surface area (TPSA) is 87.5 Å². The monoisotopic (exact) mass is 422 g/mol. The summed E-state index contributed by atoms with van der Waals surface area (Å²) in [6.45, 7) is 6.05. The van der Waals surface area contributed by atoms with Gasteiger partial charge in [-0.05, 0) is 39.0 Å². The average Bonchev–Trinajstić information content (AvgIpc) is 3.04. The number of anilines is 2. The molecule has 2 amide bonds. The number of halogens is 1. The van der Waals surface area contributed by atoms with Crippen LogP contribution in [0.3, 0.4) is 0 Å². The number of para-hydroxylation sites is 1. The Morgan fingerprint density at radius 1 is 1.19 bits per heavy atom. The van der Waals surface area contributed by atoms with E-state index in [-0.39, 0.29) is 6.54 Å². The van der Waals surface area contributed by atoms with Crippen molar-refractivity contribution in [2.45, 2.75) is 32.7 Å². The van der Waals surface area contributed by atoms with Gasteiger partial charge < -0.3 is 15.0 Å². The number of imide groups is 1. The summed E-state index contributed by atoms with van der Waals surface area (Å²) in [5.74, 6) is -1.23. The molecule has 0 radical (unpaired) electrons. The van der Waals surface area contributed by atoms with Gasteiger partial charge in [-0.15, -0.1) is 0 Å². The first-order valence-electron chi connectivity index (χ1n) is 9.95. The molecule has 4 rings (SSSR count). The first-order chi connectivity index (χ1) is 14.7. The van der Waals surface area contributed by atoms with Crippen molar-refractivity contribution >= 4 is 23.4 Å². The summed E-state index contributed by atoms with van der Waals surface area (Å²) in [7, 11) is 0. The maximum atomic E-state index is 14.1. The van der Waals surface area contributed by atoms with E-state index < -0.39 is 23.5 Å². The van der Waals surface area contributed by atoms with Crippen LogP contribution in [0.1, 0.15) is 36.8 Å². The van der Waals surface area contributed by atoms with Crippen LogP contribution < -0.4 is 5.32 Å². The molecule has 0 saturated carbocycles. The van der Waals surface area contributed by atoms with E-state index in [2.05, 4.69) is 10.3 Å². The fourth-order valence-corrected chi connectivity index (χ4v) is 4.08. The van der Waals surface area contributed by atoms with Crippen molar-refractivity contribution in [3.8, 4) is 11.3 Å². The number of nitrogens with one attached hydrogen (secondary N) is 1. The molecule has 1 aromatic carbocycles. The van der Waals surface area contributed by atoms with Crippen LogP contribution in [-0.4, -0.2) is 38.1 Å². The number of rotatable bonds is 3. The van der Waals surface area contributed by atoms with E-state index in [9.17, 15) is 19.1 Å². The van der Waals surface area contributed by atoms with Crippen LogP contribution in [0.4, 0.5) is 20.6 Å². The summed E-state index contributed by atoms with van der Waals surface area (Å²) in [6.07, 6.45) is 0.449. The summed E-state index contributed by atoms with van der Waals surface area (Å²) in [6, 6.07) is 12.3. The molecule has 0 spiro atoms. The molecule has 0 atom stereocenters. The number of pyridine rings is 1. The number of carbonyl (C=O) groups excluding carboxylic acids is 1. The van der Waals surface area contributed by atoms with Crippen LogP contribution in [-0.2, 0) is 12.0 Å². The minimum Gasteiger partial charge on any atom is -0.465 e. The number of nitrogens with zero attached hydrogens (tertiary/aromatic N) is 3. The largest absolute Gasteiger partial charge is 0.465 e. The summed E-state index contributed by atoms with van der Waals surface area (Å²) in [4.78, 5) is 29.4. The van der Waals surface area contributed by atoms with Gasteiger partial charge in [-0.1, -0.05) is 18.2 Å². The number of carboxylic acid groups (broad SMARTS) is 1. The number of hydrogen-bond donors (Lipinski definition) is 2. The Bertz CT molecular complexity index is 1170. The number of benzene rings is 1. The maximum absolute atomic E-state index is 14.1. The van der Waals surface area contributed by atoms with Gasteiger partial charge in [0.05, 0.1) is 16.9 Å². The predicted molar refractivity (Wildman–Crippen MR) is 115 cm³/mol. The highest BCUT2D eigenvalue weighted by molar-refractivity contribution is 6.11. The lowest BCUT2D eigenvalue weighted by Crippen LogP contribution is -2.42. The molecule has 0 bridgehead atoms. The maximum Gasteiger partial charge on any atom is 0.414 e. The molecule has 2 aromatic heterocycles. The molecule has 0 saturated heterocycles. The molecule has 2 N–H and O–H groups in total. The Morgan fingerprint density at radius 3 is 2.52 bits per heavy atom. The third-order valence-electron chi connectivity index (χ3n) is 5.24. The van der Waals surface area contributed by atoms with E-state index >= 15 is 0 Å². The van der Waals surface area contributed by atoms with E-state index in [1.807, 2.05) is 55.7 Å². The molecule has 1 aliphatic rings. The van der Waals surface area contributed by atoms with Crippen LogP contribution in [0.25, 0.3) is 11.3 Å². The molecule has 0 fully saturated rings. The highest BCUT2D eigenvalue weighted by atomic mass is 19.1. The van der Waals surface area contributed by atoms with Gasteiger partial charge in [0.2, 0.25) is 5.95 Å². The van der Waals surface area contributed by atoms with Gasteiger partial charge in [0.15, 0.2) is 0 Å². The van der Waals surface area contributed by atoms with Crippen molar-refractivity contribution in [2.24, 2.45) is 0 Å². The summed E-state index contributed by atoms with van der Waals surface area (Å²) < 4.78 is 16.1. The summed E-state index contributed by atoms with van der Waals surface area (Å²) in [5, 5.41) is 12.8. The van der Waals surface area contributed by atoms with E-state index in [0.29, 0.717) is 28.9 Å². The minimum atomic E-state index is -1.29. The number of carbonyl (C=O) groups is 2. The molecule has 0 unspecified atom stereocenters. The Kier molecular flexibility index (Phi) is 5.00. The van der Waals surface area contributed by atoms with E-state index in [1.165, 1.54) is 12.3 Å². The van der Waals surface area contributed by atoms with Crippen LogP contribution >= 0.6 is 0 Å². The highest BCUT2D eigenvalue weighted by Gasteiger charge is 2.39. The van der Waals surface area contributed by atoms with Crippen LogP contribution in [0, 0.1) is 5.95 Å². The quantitative estimate of drug-likeness (QED) is 0.589. The second-order valence-electron chi connectivity index (χ2n) is 8.40. The Hall–Kier alpha value is -3.68. The van der Waals surface area contributed by atoms with Gasteiger partial charge in [-0.3, -0.25) is 4.79 Å². The van der Waals surface area contributed by atoms with Crippen molar-refractivity contribution in [3.05, 3.63) is 65.9 Å². The second-order valence-corrected chi connectivity index (χ2v) is 8.40. The third-order valence-corrected chi connectivity index (χ3v) is 5.24. The number of aromatic nitrogens is 2. The van der Waals surface area contributed by atoms with Crippen molar-refractivity contribution < 1.29 is 19.1 Å². The molecule has 160 valence electrons. The van der Waals surface area contributed by atoms with Crippen LogP contribution in [0.15, 0.2) is 48.7 Å². The predicted octanol–water partition coefficient (Wildman–Crippen LogP) is 4.86. The summed E-state index contributed by atoms with van der Waals surface area (Å²) >= 11 is 0. The molecule has 3 aromatic rings. The smallest absolute Gasteiger partial charge is 0.414 e. The molecule has 3 heterocycles. The van der Waals surface area contributed by atoms with Gasteiger partial charge in [0.25, 0.3) is 5.91 Å². The van der Waals surface area contributed by atoms with Crippen molar-refractivity contribution in [2.75, 3.05) is 11.9 Å². The summed E-state index contributed by atoms with van der Waals surface area (Å²) in [5.41, 5.74) is 2.90. The second kappa shape index (κ2) is 7.54. The number of fused-ring (bicyclic) bond motifs is 1. The van der Waals surface area contributed by atoms with Gasteiger partial charge in [0.1, 0.15) is 0 Å². The zero-order valence-electron chi connectivity index (χ0n) is 17.5. The fourth-order valence-electron chi connectivity index (χ4n) is 4.08. The standard InChI is InChI=1S/C23H23FN4O3/c1-23(2,3)28-16-10-12-27(22(30)31)21(29)18(16)19(26-15-7-5-4-6-8-15)20(28)14-9-11-25-17(24)13-14/h4-9,11,13,26H,10,12H2,1-3H3,(H,30,31). The van der Waals surface area contributed by atoms with Crippen molar-refractivity contribution in [1.29, 1.82) is 0 Å². The lowest BCUT2D eigenvalue weighted by molar-refractivity contribution is 0.0725. The number of amides is 2. The molecular formula is C23H23FN4O3. The van der Waals surface area contributed by atoms with Crippen LogP contribution in [0.5, 0.6) is 0 Å². The first kappa shape index (κ1) is 20.6. The van der Waals surface area contributed by atoms with Gasteiger partial charge in [-0.25, -0.2) is 14.7 Å². The Labute approximate surface area is 179 Å². The van der Waals surface area contributed by atoms with E-state index in [0.717, 1.165) is 16.3 Å². The lowest BCUT2D eigenvalue weighted by Gasteiger charge is -2.30. The van der Waals surface area contributed by atoms with E-state index in [1.54, 1.807) is 6.07 Å². The zero-order chi connectivity index (χ0) is 22.3. The third kappa shape index (κ3) is 3.65. The minimum absolute atomic E-state index is 0.0657. The van der Waals surface area contributed by atoms with Crippen LogP contribution in [0.2, 0.25) is 0 Å². The SMILES string of the molecule is CC(C)(C)n1c2c(c(Nc3ccccc3)c1-c1ccnc(F)c1)C(=O)N(C(=O)O)CC2. The fraction of sp³-hybridized carbons (Fsp3) is 0.261. The lowest BCUT2D eigenvalue weighted by atomic mass is 10.0. The van der Waals surface area contributed by atoms with Gasteiger partial charge in [0, 0.05) is 47.7 Å².